The van der Waals surface area contributed by atoms with Crippen molar-refractivity contribution in [1.29, 1.82) is 0 Å². The number of rotatable bonds is 5. The molecular formula is C20H16N8O. The van der Waals surface area contributed by atoms with Gasteiger partial charge in [-0.25, -0.2) is 4.98 Å². The van der Waals surface area contributed by atoms with Gasteiger partial charge in [0.2, 0.25) is 5.88 Å². The lowest BCUT2D eigenvalue weighted by Gasteiger charge is -2.15. The minimum absolute atomic E-state index is 0.396. The van der Waals surface area contributed by atoms with Crippen LogP contribution >= 0.6 is 0 Å². The molecule has 0 bridgehead atoms. The van der Waals surface area contributed by atoms with Gasteiger partial charge in [-0.1, -0.05) is 30.3 Å². The highest BCUT2D eigenvalue weighted by atomic mass is 16.5. The third-order valence-corrected chi connectivity index (χ3v) is 4.45. The Balaban J connectivity index is 1.66. The number of hydrogen-bond acceptors (Lipinski definition) is 7. The first-order valence-electron chi connectivity index (χ1n) is 9.04. The largest absolute Gasteiger partial charge is 0.465 e. The summed E-state index contributed by atoms with van der Waals surface area (Å²) in [6.45, 7) is 1.87. The van der Waals surface area contributed by atoms with E-state index < -0.39 is 6.10 Å². The lowest BCUT2D eigenvalue weighted by molar-refractivity contribution is 0.206. The van der Waals surface area contributed by atoms with Crippen molar-refractivity contribution >= 4 is 5.65 Å². The van der Waals surface area contributed by atoms with E-state index in [1.165, 1.54) is 6.33 Å². The minimum Gasteiger partial charge on any atom is -0.465 e. The molecule has 1 aromatic carbocycles. The number of aromatic nitrogens is 8. The Morgan fingerprint density at radius 1 is 1.03 bits per heavy atom. The highest BCUT2D eigenvalue weighted by Gasteiger charge is 2.19. The Kier molecular flexibility index (Phi) is 4.17. The summed E-state index contributed by atoms with van der Waals surface area (Å²) in [6.07, 6.45) is 4.55. The van der Waals surface area contributed by atoms with E-state index in [9.17, 15) is 0 Å². The summed E-state index contributed by atoms with van der Waals surface area (Å²) in [5.74, 6) is 1.57. The summed E-state index contributed by atoms with van der Waals surface area (Å²) < 4.78 is 7.82. The molecule has 0 amide bonds. The molecule has 0 saturated carbocycles. The number of aromatic amines is 1. The number of ether oxygens (including phenoxy) is 1. The molecule has 1 N–H and O–H groups in total. The van der Waals surface area contributed by atoms with Crippen LogP contribution in [0.15, 0.2) is 67.3 Å². The highest BCUT2D eigenvalue weighted by molar-refractivity contribution is 5.72. The normalized spacial score (nSPS) is 12.2. The lowest BCUT2D eigenvalue weighted by Crippen LogP contribution is -2.09. The van der Waals surface area contributed by atoms with Gasteiger partial charge in [-0.15, -0.1) is 15.3 Å². The number of fused-ring (bicyclic) bond motifs is 1. The van der Waals surface area contributed by atoms with Crippen molar-refractivity contribution in [2.75, 3.05) is 0 Å². The van der Waals surface area contributed by atoms with E-state index in [1.54, 1.807) is 16.9 Å². The third-order valence-electron chi connectivity index (χ3n) is 4.45. The molecule has 9 nitrogen and oxygen atoms in total. The highest BCUT2D eigenvalue weighted by Crippen LogP contribution is 2.32. The van der Waals surface area contributed by atoms with Gasteiger partial charge in [-0.05, 0) is 30.7 Å². The van der Waals surface area contributed by atoms with Gasteiger partial charge in [-0.3, -0.25) is 10.1 Å². The number of nitrogens with one attached hydrogen (secondary N) is 1. The number of H-pyrrole nitrogens is 1. The van der Waals surface area contributed by atoms with Crippen LogP contribution < -0.4 is 4.74 Å². The van der Waals surface area contributed by atoms with Crippen LogP contribution in [0, 0.1) is 0 Å². The van der Waals surface area contributed by atoms with Gasteiger partial charge in [0.15, 0.2) is 23.4 Å². The summed E-state index contributed by atoms with van der Waals surface area (Å²) in [5, 5.41) is 20.1. The molecule has 0 radical (unpaired) electrons. The molecule has 29 heavy (non-hydrogen) atoms. The molecule has 142 valence electrons. The fourth-order valence-corrected chi connectivity index (χ4v) is 3.04. The summed E-state index contributed by atoms with van der Waals surface area (Å²) in [4.78, 5) is 8.33. The van der Waals surface area contributed by atoms with E-state index in [0.29, 0.717) is 23.2 Å². The molecule has 1 atom stereocenters. The maximum atomic E-state index is 6.16. The van der Waals surface area contributed by atoms with Crippen LogP contribution in [0.4, 0.5) is 0 Å². The van der Waals surface area contributed by atoms with Gasteiger partial charge in [0.25, 0.3) is 0 Å². The zero-order chi connectivity index (χ0) is 19.6. The zero-order valence-corrected chi connectivity index (χ0v) is 15.5. The Morgan fingerprint density at radius 3 is 2.66 bits per heavy atom. The quantitative estimate of drug-likeness (QED) is 0.496. The van der Waals surface area contributed by atoms with Crippen molar-refractivity contribution < 1.29 is 4.74 Å². The first-order chi connectivity index (χ1) is 14.3. The van der Waals surface area contributed by atoms with E-state index in [4.69, 9.17) is 9.84 Å². The van der Waals surface area contributed by atoms with E-state index >= 15 is 0 Å². The van der Waals surface area contributed by atoms with Crippen LogP contribution in [0.2, 0.25) is 0 Å². The molecule has 5 rings (SSSR count). The van der Waals surface area contributed by atoms with E-state index in [-0.39, 0.29) is 0 Å². The number of pyridine rings is 1. The Morgan fingerprint density at radius 2 is 1.90 bits per heavy atom. The van der Waals surface area contributed by atoms with Gasteiger partial charge in [-0.2, -0.15) is 9.61 Å². The molecule has 0 saturated heterocycles. The van der Waals surface area contributed by atoms with Gasteiger partial charge in [0.05, 0.1) is 0 Å². The molecule has 0 spiro atoms. The Labute approximate surface area is 165 Å². The predicted molar refractivity (Wildman–Crippen MR) is 105 cm³/mol. The van der Waals surface area contributed by atoms with Gasteiger partial charge < -0.3 is 4.74 Å². The van der Waals surface area contributed by atoms with Crippen LogP contribution in [0.1, 0.15) is 18.9 Å². The molecule has 0 fully saturated rings. The SMILES string of the molecule is CC(Oc1nn2c(-c3cccnc3)nnc2cc1-c1ccccc1)c1nc[nH]n1. The number of hydrogen-bond donors (Lipinski definition) is 1. The summed E-state index contributed by atoms with van der Waals surface area (Å²) in [6, 6.07) is 15.6. The first kappa shape index (κ1) is 17.0. The summed E-state index contributed by atoms with van der Waals surface area (Å²) in [5.41, 5.74) is 3.20. The van der Waals surface area contributed by atoms with E-state index in [1.807, 2.05) is 55.5 Å². The van der Waals surface area contributed by atoms with Gasteiger partial charge in [0.1, 0.15) is 6.33 Å². The van der Waals surface area contributed by atoms with E-state index in [2.05, 4.69) is 30.4 Å². The van der Waals surface area contributed by atoms with Crippen LogP contribution in [0.25, 0.3) is 28.2 Å². The molecule has 4 heterocycles. The second kappa shape index (κ2) is 7.12. The molecule has 0 aliphatic heterocycles. The van der Waals surface area contributed by atoms with Crippen LogP contribution in [-0.4, -0.2) is 40.0 Å². The number of nitrogens with zero attached hydrogens (tertiary/aromatic N) is 7. The molecule has 0 aliphatic rings. The predicted octanol–water partition coefficient (Wildman–Crippen LogP) is 3.11. The van der Waals surface area contributed by atoms with Crippen molar-refractivity contribution in [3.8, 4) is 28.4 Å². The average molecular weight is 384 g/mol. The summed E-state index contributed by atoms with van der Waals surface area (Å²) >= 11 is 0. The van der Waals surface area contributed by atoms with Crippen LogP contribution in [-0.2, 0) is 0 Å². The van der Waals surface area contributed by atoms with Gasteiger partial charge in [0, 0.05) is 23.5 Å². The number of benzene rings is 1. The van der Waals surface area contributed by atoms with Crippen LogP contribution in [0.3, 0.4) is 0 Å². The Bertz CT molecular complexity index is 1240. The zero-order valence-electron chi connectivity index (χ0n) is 15.5. The van der Waals surface area contributed by atoms with Gasteiger partial charge >= 0.3 is 0 Å². The third kappa shape index (κ3) is 3.18. The Hall–Kier alpha value is -4.14. The minimum atomic E-state index is -0.396. The summed E-state index contributed by atoms with van der Waals surface area (Å²) in [7, 11) is 0. The molecule has 1 unspecified atom stereocenters. The average Bonchev–Trinajstić information content (AvgIpc) is 3.44. The molecule has 5 aromatic rings. The first-order valence-corrected chi connectivity index (χ1v) is 9.04. The second-order valence-corrected chi connectivity index (χ2v) is 6.38. The van der Waals surface area contributed by atoms with E-state index in [0.717, 1.165) is 16.7 Å². The monoisotopic (exact) mass is 384 g/mol. The van der Waals surface area contributed by atoms with Crippen molar-refractivity contribution in [2.24, 2.45) is 0 Å². The fourth-order valence-electron chi connectivity index (χ4n) is 3.04. The molecule has 4 aromatic heterocycles. The molecule has 9 heteroatoms. The fraction of sp³-hybridized carbons (Fsp3) is 0.100. The smallest absolute Gasteiger partial charge is 0.240 e. The lowest BCUT2D eigenvalue weighted by atomic mass is 10.1. The maximum absolute atomic E-state index is 6.16. The molecular weight excluding hydrogens is 368 g/mol. The second-order valence-electron chi connectivity index (χ2n) is 6.38. The standard InChI is InChI=1S/C20H16N8O/c1-13(18-22-12-23-25-18)29-20-16(14-6-3-2-4-7-14)10-17-24-26-19(28(17)27-20)15-8-5-9-21-11-15/h2-13H,1H3,(H,22,23,25). The molecule has 0 aliphatic carbocycles. The van der Waals surface area contributed by atoms with Crippen molar-refractivity contribution in [1.82, 2.24) is 40.0 Å². The van der Waals surface area contributed by atoms with Crippen molar-refractivity contribution in [3.05, 3.63) is 73.1 Å². The van der Waals surface area contributed by atoms with Crippen molar-refractivity contribution in [2.45, 2.75) is 13.0 Å². The van der Waals surface area contributed by atoms with Crippen molar-refractivity contribution in [3.63, 3.8) is 0 Å². The van der Waals surface area contributed by atoms with Crippen LogP contribution in [0.5, 0.6) is 5.88 Å². The topological polar surface area (TPSA) is 107 Å². The maximum Gasteiger partial charge on any atom is 0.240 e.